The van der Waals surface area contributed by atoms with E-state index in [2.05, 4.69) is 15.3 Å². The van der Waals surface area contributed by atoms with Crippen molar-refractivity contribution in [2.45, 2.75) is 13.5 Å². The Morgan fingerprint density at radius 3 is 2.89 bits per heavy atom. The first-order valence-electron chi connectivity index (χ1n) is 5.11. The average molecular weight is 284 g/mol. The summed E-state index contributed by atoms with van der Waals surface area (Å²) in [5.74, 6) is -0.764. The maximum absolute atomic E-state index is 10.8. The Hall–Kier alpha value is -1.66. The van der Waals surface area contributed by atoms with Crippen LogP contribution in [0.1, 0.15) is 21.1 Å². The molecule has 2 N–H and O–H groups in total. The SMILES string of the molecule is Cc1cc(C(=O)O)nc(NCc2ccc(Cl)s2)n1. The predicted molar refractivity (Wildman–Crippen MR) is 70.4 cm³/mol. The molecule has 0 aliphatic heterocycles. The smallest absolute Gasteiger partial charge is 0.354 e. The molecule has 2 heterocycles. The van der Waals surface area contributed by atoms with Crippen LogP contribution in [0.15, 0.2) is 18.2 Å². The van der Waals surface area contributed by atoms with Gasteiger partial charge in [0.25, 0.3) is 0 Å². The van der Waals surface area contributed by atoms with E-state index in [9.17, 15) is 4.79 Å². The summed E-state index contributed by atoms with van der Waals surface area (Å²) in [6.45, 7) is 2.24. The Morgan fingerprint density at radius 2 is 2.28 bits per heavy atom. The van der Waals surface area contributed by atoms with Gasteiger partial charge in [0.2, 0.25) is 5.95 Å². The number of aromatic nitrogens is 2. The fourth-order valence-corrected chi connectivity index (χ4v) is 2.40. The van der Waals surface area contributed by atoms with E-state index in [4.69, 9.17) is 16.7 Å². The summed E-state index contributed by atoms with van der Waals surface area (Å²) in [7, 11) is 0. The summed E-state index contributed by atoms with van der Waals surface area (Å²) in [5.41, 5.74) is 0.586. The molecule has 0 amide bonds. The Labute approximate surface area is 112 Å². The first-order chi connectivity index (χ1) is 8.54. The van der Waals surface area contributed by atoms with Crippen LogP contribution in [0.25, 0.3) is 0 Å². The zero-order valence-corrected chi connectivity index (χ0v) is 11.0. The second kappa shape index (κ2) is 5.32. The van der Waals surface area contributed by atoms with E-state index in [1.807, 2.05) is 12.1 Å². The van der Waals surface area contributed by atoms with Crippen LogP contribution in [-0.4, -0.2) is 21.0 Å². The number of hydrogen-bond donors (Lipinski definition) is 2. The minimum Gasteiger partial charge on any atom is -0.477 e. The van der Waals surface area contributed by atoms with Gasteiger partial charge in [-0.1, -0.05) is 11.6 Å². The van der Waals surface area contributed by atoms with Gasteiger partial charge >= 0.3 is 5.97 Å². The molecule has 0 radical (unpaired) electrons. The molecule has 0 aliphatic carbocycles. The lowest BCUT2D eigenvalue weighted by molar-refractivity contribution is 0.0690. The van der Waals surface area contributed by atoms with Crippen molar-refractivity contribution in [2.24, 2.45) is 0 Å². The van der Waals surface area contributed by atoms with Crippen molar-refractivity contribution in [2.75, 3.05) is 5.32 Å². The Bertz CT molecular complexity index is 585. The molecule has 2 aromatic rings. The molecule has 0 fully saturated rings. The minimum atomic E-state index is -1.07. The van der Waals surface area contributed by atoms with Crippen molar-refractivity contribution in [3.05, 3.63) is 38.8 Å². The molecule has 0 saturated carbocycles. The highest BCUT2D eigenvalue weighted by molar-refractivity contribution is 7.16. The first-order valence-corrected chi connectivity index (χ1v) is 6.31. The molecule has 18 heavy (non-hydrogen) atoms. The third kappa shape index (κ3) is 3.18. The monoisotopic (exact) mass is 283 g/mol. The van der Waals surface area contributed by atoms with Crippen LogP contribution < -0.4 is 5.32 Å². The molecule has 0 bridgehead atoms. The maximum atomic E-state index is 10.8. The van der Waals surface area contributed by atoms with Crippen molar-refractivity contribution in [3.63, 3.8) is 0 Å². The first kappa shape index (κ1) is 12.8. The molecule has 2 rings (SSSR count). The molecule has 2 aromatic heterocycles. The summed E-state index contributed by atoms with van der Waals surface area (Å²) in [6.07, 6.45) is 0. The third-order valence-corrected chi connectivity index (χ3v) is 3.35. The largest absolute Gasteiger partial charge is 0.477 e. The van der Waals surface area contributed by atoms with Gasteiger partial charge in [-0.15, -0.1) is 11.3 Å². The summed E-state index contributed by atoms with van der Waals surface area (Å²) in [5, 5.41) is 11.9. The van der Waals surface area contributed by atoms with Gasteiger partial charge in [0.05, 0.1) is 10.9 Å². The number of anilines is 1. The zero-order chi connectivity index (χ0) is 13.1. The van der Waals surface area contributed by atoms with E-state index in [0.29, 0.717) is 22.5 Å². The lowest BCUT2D eigenvalue weighted by Crippen LogP contribution is -2.08. The van der Waals surface area contributed by atoms with E-state index in [-0.39, 0.29) is 5.69 Å². The molecular weight excluding hydrogens is 274 g/mol. The fourth-order valence-electron chi connectivity index (χ4n) is 1.37. The summed E-state index contributed by atoms with van der Waals surface area (Å²) in [6, 6.07) is 5.13. The quantitative estimate of drug-likeness (QED) is 0.902. The fraction of sp³-hybridized carbons (Fsp3) is 0.182. The number of nitrogens with one attached hydrogen (secondary N) is 1. The van der Waals surface area contributed by atoms with Gasteiger partial charge in [-0.05, 0) is 25.1 Å². The van der Waals surface area contributed by atoms with Crippen LogP contribution in [0.5, 0.6) is 0 Å². The molecule has 5 nitrogen and oxygen atoms in total. The van der Waals surface area contributed by atoms with Crippen molar-refractivity contribution < 1.29 is 9.90 Å². The highest BCUT2D eigenvalue weighted by Gasteiger charge is 2.08. The molecule has 0 saturated heterocycles. The van der Waals surface area contributed by atoms with E-state index >= 15 is 0 Å². The van der Waals surface area contributed by atoms with Crippen LogP contribution in [-0.2, 0) is 6.54 Å². The lowest BCUT2D eigenvalue weighted by atomic mass is 10.3. The van der Waals surface area contributed by atoms with Gasteiger partial charge in [-0.3, -0.25) is 0 Å². The van der Waals surface area contributed by atoms with Crippen LogP contribution in [0, 0.1) is 6.92 Å². The molecule has 0 spiro atoms. The van der Waals surface area contributed by atoms with E-state index in [0.717, 1.165) is 4.88 Å². The lowest BCUT2D eigenvalue weighted by Gasteiger charge is -2.05. The zero-order valence-electron chi connectivity index (χ0n) is 9.48. The number of aromatic carboxylic acids is 1. The molecule has 94 valence electrons. The molecule has 0 unspecified atom stereocenters. The Morgan fingerprint density at radius 1 is 1.50 bits per heavy atom. The van der Waals surface area contributed by atoms with Crippen molar-refractivity contribution in [1.82, 2.24) is 9.97 Å². The Kier molecular flexibility index (Phi) is 3.78. The van der Waals surface area contributed by atoms with Crippen LogP contribution >= 0.6 is 22.9 Å². The summed E-state index contributed by atoms with van der Waals surface area (Å²) in [4.78, 5) is 19.9. The van der Waals surface area contributed by atoms with Crippen molar-refractivity contribution in [3.8, 4) is 0 Å². The van der Waals surface area contributed by atoms with Gasteiger partial charge in [0, 0.05) is 10.6 Å². The van der Waals surface area contributed by atoms with E-state index in [1.165, 1.54) is 17.4 Å². The van der Waals surface area contributed by atoms with E-state index in [1.54, 1.807) is 6.92 Å². The molecule has 0 aliphatic rings. The maximum Gasteiger partial charge on any atom is 0.354 e. The normalized spacial score (nSPS) is 10.3. The number of carbonyl (C=O) groups is 1. The average Bonchev–Trinajstić information content (AvgIpc) is 2.72. The molecule has 0 aromatic carbocycles. The highest BCUT2D eigenvalue weighted by atomic mass is 35.5. The summed E-state index contributed by atoms with van der Waals surface area (Å²) >= 11 is 7.27. The van der Waals surface area contributed by atoms with Crippen LogP contribution in [0.4, 0.5) is 5.95 Å². The second-order valence-corrected chi connectivity index (χ2v) is 5.38. The standard InChI is InChI=1S/C11H10ClN3O2S/c1-6-4-8(10(16)17)15-11(14-6)13-5-7-2-3-9(12)18-7/h2-4H,5H2,1H3,(H,16,17)(H,13,14,15). The van der Waals surface area contributed by atoms with Crippen LogP contribution in [0.2, 0.25) is 4.34 Å². The van der Waals surface area contributed by atoms with Gasteiger partial charge in [0.1, 0.15) is 0 Å². The number of carboxylic acids is 1. The number of rotatable bonds is 4. The number of halogens is 1. The van der Waals surface area contributed by atoms with Gasteiger partial charge in [-0.25, -0.2) is 14.8 Å². The number of hydrogen-bond acceptors (Lipinski definition) is 5. The number of carboxylic acid groups (broad SMARTS) is 1. The van der Waals surface area contributed by atoms with Crippen molar-refractivity contribution in [1.29, 1.82) is 0 Å². The van der Waals surface area contributed by atoms with Crippen molar-refractivity contribution >= 4 is 34.9 Å². The van der Waals surface area contributed by atoms with Gasteiger partial charge in [0.15, 0.2) is 5.69 Å². The third-order valence-electron chi connectivity index (χ3n) is 2.12. The van der Waals surface area contributed by atoms with Gasteiger partial charge in [-0.2, -0.15) is 0 Å². The van der Waals surface area contributed by atoms with Gasteiger partial charge < -0.3 is 10.4 Å². The predicted octanol–water partition coefficient (Wildman–Crippen LogP) is 2.81. The number of thiophene rings is 1. The topological polar surface area (TPSA) is 75.1 Å². The van der Waals surface area contributed by atoms with Crippen LogP contribution in [0.3, 0.4) is 0 Å². The molecule has 7 heteroatoms. The minimum absolute atomic E-state index is 0.0192. The highest BCUT2D eigenvalue weighted by Crippen LogP contribution is 2.21. The number of aryl methyl sites for hydroxylation is 1. The van der Waals surface area contributed by atoms with E-state index < -0.39 is 5.97 Å². The second-order valence-electron chi connectivity index (χ2n) is 3.58. The summed E-state index contributed by atoms with van der Waals surface area (Å²) < 4.78 is 0.711. The number of nitrogens with zero attached hydrogens (tertiary/aromatic N) is 2. The molecular formula is C11H10ClN3O2S. The molecule has 0 atom stereocenters. The Balaban J connectivity index is 2.11.